The number of phenolic OH excluding ortho intramolecular Hbond substituents is 1. The van der Waals surface area contributed by atoms with Gasteiger partial charge >= 0.3 is 5.97 Å². The third-order valence-electron chi connectivity index (χ3n) is 6.62. The molecule has 3 heteroatoms. The molecule has 0 amide bonds. The van der Waals surface area contributed by atoms with Crippen molar-refractivity contribution >= 4 is 5.97 Å². The van der Waals surface area contributed by atoms with E-state index >= 15 is 0 Å². The Balaban J connectivity index is 2.20. The van der Waals surface area contributed by atoms with Crippen molar-refractivity contribution in [2.75, 3.05) is 0 Å². The molecule has 0 heterocycles. The maximum atomic E-state index is 12.0. The Hall–Kier alpha value is -1.51. The highest BCUT2D eigenvalue weighted by atomic mass is 16.4. The summed E-state index contributed by atoms with van der Waals surface area (Å²) in [5.41, 5.74) is 2.68. The van der Waals surface area contributed by atoms with Crippen LogP contribution in [0.25, 0.3) is 0 Å². The van der Waals surface area contributed by atoms with Crippen LogP contribution in [0, 0.1) is 11.3 Å². The predicted molar refractivity (Wildman–Crippen MR) is 91.0 cm³/mol. The highest BCUT2D eigenvalue weighted by molar-refractivity contribution is 5.75. The minimum Gasteiger partial charge on any atom is -0.508 e. The lowest BCUT2D eigenvalue weighted by molar-refractivity contribution is -0.157. The van der Waals surface area contributed by atoms with Gasteiger partial charge in [-0.25, -0.2) is 0 Å². The lowest BCUT2D eigenvalue weighted by Crippen LogP contribution is -2.52. The van der Waals surface area contributed by atoms with Crippen LogP contribution in [-0.4, -0.2) is 16.2 Å². The van der Waals surface area contributed by atoms with Gasteiger partial charge in [-0.15, -0.1) is 0 Å². The normalized spacial score (nSPS) is 33.2. The summed E-state index contributed by atoms with van der Waals surface area (Å²) in [5.74, 6) is 0.170. The topological polar surface area (TPSA) is 57.5 Å². The Kier molecular flexibility index (Phi) is 3.74. The quantitative estimate of drug-likeness (QED) is 0.837. The van der Waals surface area contributed by atoms with E-state index in [1.54, 1.807) is 0 Å². The predicted octanol–water partition coefficient (Wildman–Crippen LogP) is 4.61. The monoisotopic (exact) mass is 316 g/mol. The summed E-state index contributed by atoms with van der Waals surface area (Å²) in [5, 5.41) is 20.5. The number of hydrogen-bond acceptors (Lipinski definition) is 2. The van der Waals surface area contributed by atoms with Crippen LogP contribution in [-0.2, 0) is 16.6 Å². The van der Waals surface area contributed by atoms with Gasteiger partial charge in [0.1, 0.15) is 5.75 Å². The van der Waals surface area contributed by atoms with Gasteiger partial charge in [-0.1, -0.05) is 33.3 Å². The Morgan fingerprint density at radius 1 is 1.26 bits per heavy atom. The fraction of sp³-hybridized carbons (Fsp3) is 0.650. The fourth-order valence-electron chi connectivity index (χ4n) is 5.45. The van der Waals surface area contributed by atoms with Crippen LogP contribution in [0.3, 0.4) is 0 Å². The van der Waals surface area contributed by atoms with Crippen molar-refractivity contribution in [2.24, 2.45) is 11.3 Å². The van der Waals surface area contributed by atoms with Gasteiger partial charge in [0.2, 0.25) is 0 Å². The van der Waals surface area contributed by atoms with Crippen molar-refractivity contribution in [1.82, 2.24) is 0 Å². The first-order valence-corrected chi connectivity index (χ1v) is 8.80. The first kappa shape index (κ1) is 16.4. The highest BCUT2D eigenvalue weighted by Crippen LogP contribution is 2.59. The molecule has 2 N–H and O–H groups in total. The van der Waals surface area contributed by atoms with Gasteiger partial charge in [0.15, 0.2) is 0 Å². The van der Waals surface area contributed by atoms with E-state index in [9.17, 15) is 15.0 Å². The average molecular weight is 316 g/mol. The third kappa shape index (κ3) is 2.20. The van der Waals surface area contributed by atoms with Gasteiger partial charge < -0.3 is 10.2 Å². The zero-order chi connectivity index (χ0) is 17.0. The van der Waals surface area contributed by atoms with Gasteiger partial charge in [-0.3, -0.25) is 4.79 Å². The molecule has 0 saturated heterocycles. The maximum absolute atomic E-state index is 12.0. The summed E-state index contributed by atoms with van der Waals surface area (Å²) < 4.78 is 0. The number of hydrogen-bond donors (Lipinski definition) is 2. The smallest absolute Gasteiger partial charge is 0.309 e. The molecule has 2 aliphatic carbocycles. The second-order valence-corrected chi connectivity index (χ2v) is 8.27. The molecular weight excluding hydrogens is 288 g/mol. The van der Waals surface area contributed by atoms with Crippen LogP contribution < -0.4 is 0 Å². The summed E-state index contributed by atoms with van der Waals surface area (Å²) >= 11 is 0. The molecule has 0 radical (unpaired) electrons. The minimum absolute atomic E-state index is 0.0852. The number of rotatable bonds is 2. The summed E-state index contributed by atoms with van der Waals surface area (Å²) in [6, 6.07) is 3.86. The van der Waals surface area contributed by atoms with Crippen molar-refractivity contribution in [2.45, 2.75) is 71.1 Å². The van der Waals surface area contributed by atoms with E-state index in [1.807, 2.05) is 19.1 Å². The van der Waals surface area contributed by atoms with E-state index in [0.29, 0.717) is 11.7 Å². The fourth-order valence-corrected chi connectivity index (χ4v) is 5.45. The Labute approximate surface area is 138 Å². The largest absolute Gasteiger partial charge is 0.508 e. The Morgan fingerprint density at radius 2 is 1.96 bits per heavy atom. The third-order valence-corrected chi connectivity index (χ3v) is 6.62. The number of aliphatic carboxylic acids is 1. The van der Waals surface area contributed by atoms with Crippen LogP contribution in [0.2, 0.25) is 0 Å². The van der Waals surface area contributed by atoms with Crippen LogP contribution in [0.5, 0.6) is 5.75 Å². The van der Waals surface area contributed by atoms with Crippen molar-refractivity contribution in [3.8, 4) is 5.75 Å². The van der Waals surface area contributed by atoms with Gasteiger partial charge in [0.25, 0.3) is 0 Å². The van der Waals surface area contributed by atoms with Crippen LogP contribution in [0.4, 0.5) is 0 Å². The van der Waals surface area contributed by atoms with Gasteiger partial charge in [0, 0.05) is 11.0 Å². The SMILES string of the molecule is CC(C)c1ccc(O)c2c1CC[C@H]1[C@@](C)(C(=O)O)CCC[C@]21C. The zero-order valence-electron chi connectivity index (χ0n) is 14.6. The molecule has 1 aromatic rings. The molecule has 3 atom stereocenters. The average Bonchev–Trinajstić information content (AvgIpc) is 2.46. The molecule has 1 fully saturated rings. The molecule has 1 saturated carbocycles. The molecule has 3 nitrogen and oxygen atoms in total. The highest BCUT2D eigenvalue weighted by Gasteiger charge is 2.56. The second kappa shape index (κ2) is 5.25. The Bertz CT molecular complexity index is 649. The van der Waals surface area contributed by atoms with E-state index < -0.39 is 11.4 Å². The summed E-state index contributed by atoms with van der Waals surface area (Å²) in [4.78, 5) is 12.0. The molecule has 0 aromatic heterocycles. The molecule has 0 aliphatic heterocycles. The molecule has 23 heavy (non-hydrogen) atoms. The van der Waals surface area contributed by atoms with Gasteiger partial charge in [0.05, 0.1) is 5.41 Å². The Morgan fingerprint density at radius 3 is 2.57 bits per heavy atom. The van der Waals surface area contributed by atoms with Crippen LogP contribution in [0.15, 0.2) is 12.1 Å². The molecule has 0 bridgehead atoms. The first-order valence-electron chi connectivity index (χ1n) is 8.80. The number of phenols is 1. The number of benzene rings is 1. The standard InChI is InChI=1S/C20H28O3/c1-12(2)13-6-8-15(21)17-14(13)7-9-16-19(17,3)10-5-11-20(16,4)18(22)23/h6,8,12,16,21H,5,7,9-11H2,1-4H3,(H,22,23)/t16-,19+,20+/m1/s1. The zero-order valence-corrected chi connectivity index (χ0v) is 14.6. The van der Waals surface area contributed by atoms with E-state index in [4.69, 9.17) is 0 Å². The first-order chi connectivity index (χ1) is 10.7. The lowest BCUT2D eigenvalue weighted by Gasteiger charge is -2.54. The molecule has 126 valence electrons. The summed E-state index contributed by atoms with van der Waals surface area (Å²) in [7, 11) is 0. The van der Waals surface area contributed by atoms with Crippen molar-refractivity contribution in [1.29, 1.82) is 0 Å². The van der Waals surface area contributed by atoms with Crippen molar-refractivity contribution < 1.29 is 15.0 Å². The van der Waals surface area contributed by atoms with Crippen LogP contribution in [0.1, 0.15) is 76.0 Å². The van der Waals surface area contributed by atoms with E-state index in [2.05, 4.69) is 20.8 Å². The second-order valence-electron chi connectivity index (χ2n) is 8.27. The molecule has 0 unspecified atom stereocenters. The molecule has 1 aromatic carbocycles. The van der Waals surface area contributed by atoms with Crippen LogP contribution >= 0.6 is 0 Å². The van der Waals surface area contributed by atoms with E-state index in [1.165, 1.54) is 11.1 Å². The number of carboxylic acids is 1. The lowest BCUT2D eigenvalue weighted by atomic mass is 9.49. The van der Waals surface area contributed by atoms with Gasteiger partial charge in [-0.2, -0.15) is 0 Å². The molecule has 0 spiro atoms. The number of carboxylic acid groups (broad SMARTS) is 1. The number of carbonyl (C=O) groups is 1. The van der Waals surface area contributed by atoms with E-state index in [0.717, 1.165) is 37.7 Å². The maximum Gasteiger partial charge on any atom is 0.309 e. The van der Waals surface area contributed by atoms with Gasteiger partial charge in [-0.05, 0) is 61.6 Å². The minimum atomic E-state index is -0.690. The molecular formula is C20H28O3. The molecule has 2 aliphatic rings. The van der Waals surface area contributed by atoms with Crippen molar-refractivity contribution in [3.05, 3.63) is 28.8 Å². The number of fused-ring (bicyclic) bond motifs is 3. The van der Waals surface area contributed by atoms with Crippen molar-refractivity contribution in [3.63, 3.8) is 0 Å². The molecule has 3 rings (SSSR count). The van der Waals surface area contributed by atoms with E-state index in [-0.39, 0.29) is 11.3 Å². The summed E-state index contributed by atoms with van der Waals surface area (Å²) in [6.07, 6.45) is 4.38. The summed E-state index contributed by atoms with van der Waals surface area (Å²) in [6.45, 7) is 8.46. The number of aromatic hydroxyl groups is 1.